The molecule has 3 aromatic rings. The van der Waals surface area contributed by atoms with Crippen LogP contribution in [-0.2, 0) is 13.5 Å². The second-order valence-electron chi connectivity index (χ2n) is 5.62. The van der Waals surface area contributed by atoms with Crippen molar-refractivity contribution >= 4 is 40.2 Å². The maximum Gasteiger partial charge on any atom is 0.191 e. The second-order valence-corrected chi connectivity index (χ2v) is 7.76. The number of nitrogen functional groups attached to an aromatic ring is 1. The van der Waals surface area contributed by atoms with Crippen LogP contribution in [0.2, 0.25) is 0 Å². The number of nitrogens with two attached hydrogens (primary N) is 1. The van der Waals surface area contributed by atoms with E-state index >= 15 is 0 Å². The summed E-state index contributed by atoms with van der Waals surface area (Å²) in [5.74, 6) is 0.504. The van der Waals surface area contributed by atoms with E-state index in [1.165, 1.54) is 10.9 Å². The molecule has 0 fully saturated rings. The maximum absolute atomic E-state index is 5.87. The molecule has 0 spiro atoms. The predicted molar refractivity (Wildman–Crippen MR) is 103 cm³/mol. The SMILES string of the molecule is CCc1cn(C)c2cnc(C(C)Sc3nc(N)cc(SC)n3)cc12. The van der Waals surface area contributed by atoms with Gasteiger partial charge in [-0.3, -0.25) is 4.98 Å². The third-order valence-electron chi connectivity index (χ3n) is 3.97. The van der Waals surface area contributed by atoms with Crippen molar-refractivity contribution in [1.29, 1.82) is 0 Å². The molecule has 0 radical (unpaired) electrons. The lowest BCUT2D eigenvalue weighted by atomic mass is 10.1. The van der Waals surface area contributed by atoms with Gasteiger partial charge in [-0.15, -0.1) is 11.8 Å². The average Bonchev–Trinajstić information content (AvgIpc) is 2.89. The van der Waals surface area contributed by atoms with E-state index in [0.717, 1.165) is 22.7 Å². The van der Waals surface area contributed by atoms with E-state index in [1.54, 1.807) is 29.6 Å². The first-order chi connectivity index (χ1) is 11.5. The summed E-state index contributed by atoms with van der Waals surface area (Å²) >= 11 is 3.15. The number of nitrogens with zero attached hydrogens (tertiary/aromatic N) is 4. The first-order valence-electron chi connectivity index (χ1n) is 7.80. The summed E-state index contributed by atoms with van der Waals surface area (Å²) in [5.41, 5.74) is 9.41. The second kappa shape index (κ2) is 7.03. The Morgan fingerprint density at radius 1 is 1.29 bits per heavy atom. The zero-order chi connectivity index (χ0) is 17.3. The number of thioether (sulfide) groups is 2. The topological polar surface area (TPSA) is 69.6 Å². The smallest absolute Gasteiger partial charge is 0.191 e. The minimum Gasteiger partial charge on any atom is -0.384 e. The number of pyridine rings is 1. The fourth-order valence-electron chi connectivity index (χ4n) is 2.68. The maximum atomic E-state index is 5.87. The molecule has 7 heteroatoms. The van der Waals surface area contributed by atoms with Gasteiger partial charge in [0, 0.05) is 24.7 Å². The molecule has 0 aromatic carbocycles. The van der Waals surface area contributed by atoms with Gasteiger partial charge >= 0.3 is 0 Å². The van der Waals surface area contributed by atoms with E-state index < -0.39 is 0 Å². The summed E-state index contributed by atoms with van der Waals surface area (Å²) < 4.78 is 2.13. The van der Waals surface area contributed by atoms with Crippen molar-refractivity contribution in [3.05, 3.63) is 35.8 Å². The molecule has 3 aromatic heterocycles. The number of hydrogen-bond acceptors (Lipinski definition) is 6. The molecule has 0 aliphatic carbocycles. The van der Waals surface area contributed by atoms with Gasteiger partial charge in [-0.05, 0) is 31.2 Å². The van der Waals surface area contributed by atoms with Gasteiger partial charge < -0.3 is 10.3 Å². The number of rotatable bonds is 5. The molecule has 0 aliphatic heterocycles. The zero-order valence-corrected chi connectivity index (χ0v) is 15.9. The molecule has 24 heavy (non-hydrogen) atoms. The van der Waals surface area contributed by atoms with Crippen molar-refractivity contribution in [3.63, 3.8) is 0 Å². The summed E-state index contributed by atoms with van der Waals surface area (Å²) in [5, 5.41) is 3.00. The summed E-state index contributed by atoms with van der Waals surface area (Å²) in [7, 11) is 2.06. The molecule has 0 amide bonds. The zero-order valence-electron chi connectivity index (χ0n) is 14.3. The molecule has 126 valence electrons. The highest BCUT2D eigenvalue weighted by atomic mass is 32.2. The molecule has 1 unspecified atom stereocenters. The summed E-state index contributed by atoms with van der Waals surface area (Å²) in [6, 6.07) is 3.98. The average molecular weight is 360 g/mol. The van der Waals surface area contributed by atoms with Crippen molar-refractivity contribution in [2.24, 2.45) is 7.05 Å². The van der Waals surface area contributed by atoms with E-state index in [1.807, 2.05) is 12.5 Å². The lowest BCUT2D eigenvalue weighted by molar-refractivity contribution is 0.888. The van der Waals surface area contributed by atoms with Crippen LogP contribution in [-0.4, -0.2) is 25.8 Å². The Kier molecular flexibility index (Phi) is 5.01. The molecular formula is C17H21N5S2. The Morgan fingerprint density at radius 2 is 2.08 bits per heavy atom. The molecular weight excluding hydrogens is 338 g/mol. The van der Waals surface area contributed by atoms with Crippen LogP contribution in [0.15, 0.2) is 34.7 Å². The van der Waals surface area contributed by atoms with Gasteiger partial charge in [0.25, 0.3) is 0 Å². The van der Waals surface area contributed by atoms with Gasteiger partial charge in [0.05, 0.1) is 22.7 Å². The Morgan fingerprint density at radius 3 is 2.79 bits per heavy atom. The number of fused-ring (bicyclic) bond motifs is 1. The highest BCUT2D eigenvalue weighted by molar-refractivity contribution is 7.99. The first-order valence-corrected chi connectivity index (χ1v) is 9.91. The lowest BCUT2D eigenvalue weighted by Crippen LogP contribution is -1.99. The van der Waals surface area contributed by atoms with E-state index in [4.69, 9.17) is 5.73 Å². The monoisotopic (exact) mass is 359 g/mol. The Labute approximate surface area is 150 Å². The standard InChI is InChI=1S/C17H21N5S2/c1-5-11-9-22(3)14-8-19-13(6-12(11)14)10(2)24-17-20-15(18)7-16(21-17)23-4/h6-10H,5H2,1-4H3,(H2,18,20,21). The minimum absolute atomic E-state index is 0.149. The predicted octanol–water partition coefficient (Wildman–Crippen LogP) is 4.08. The van der Waals surface area contributed by atoms with Gasteiger partial charge in [-0.1, -0.05) is 18.7 Å². The van der Waals surface area contributed by atoms with Gasteiger partial charge in [-0.2, -0.15) is 0 Å². The van der Waals surface area contributed by atoms with E-state index in [-0.39, 0.29) is 5.25 Å². The molecule has 5 nitrogen and oxygen atoms in total. The van der Waals surface area contributed by atoms with Crippen molar-refractivity contribution in [3.8, 4) is 0 Å². The van der Waals surface area contributed by atoms with Crippen molar-refractivity contribution < 1.29 is 0 Å². The highest BCUT2D eigenvalue weighted by Crippen LogP contribution is 2.34. The quantitative estimate of drug-likeness (QED) is 0.420. The third-order valence-corrected chi connectivity index (χ3v) is 5.59. The fourth-order valence-corrected chi connectivity index (χ4v) is 4.03. The van der Waals surface area contributed by atoms with Crippen LogP contribution >= 0.6 is 23.5 Å². The molecule has 3 rings (SSSR count). The van der Waals surface area contributed by atoms with Crippen LogP contribution in [0.5, 0.6) is 0 Å². The molecule has 0 saturated carbocycles. The Hall–Kier alpha value is -1.73. The normalized spacial score (nSPS) is 12.7. The summed E-state index contributed by atoms with van der Waals surface area (Å²) in [6.07, 6.45) is 7.13. The Bertz CT molecular complexity index is 875. The summed E-state index contributed by atoms with van der Waals surface area (Å²) in [4.78, 5) is 13.5. The molecule has 3 heterocycles. The minimum atomic E-state index is 0.149. The number of aromatic nitrogens is 4. The third kappa shape index (κ3) is 3.37. The van der Waals surface area contributed by atoms with E-state index in [9.17, 15) is 0 Å². The van der Waals surface area contributed by atoms with Crippen LogP contribution in [0, 0.1) is 0 Å². The van der Waals surface area contributed by atoms with Gasteiger partial charge in [0.15, 0.2) is 5.16 Å². The molecule has 1 atom stereocenters. The van der Waals surface area contributed by atoms with E-state index in [0.29, 0.717) is 11.0 Å². The Balaban J connectivity index is 1.91. The van der Waals surface area contributed by atoms with Gasteiger partial charge in [0.1, 0.15) is 10.8 Å². The van der Waals surface area contributed by atoms with Gasteiger partial charge in [0.2, 0.25) is 0 Å². The lowest BCUT2D eigenvalue weighted by Gasteiger charge is -2.11. The van der Waals surface area contributed by atoms with Crippen LogP contribution in [0.25, 0.3) is 10.9 Å². The van der Waals surface area contributed by atoms with Crippen LogP contribution in [0.4, 0.5) is 5.82 Å². The first kappa shape index (κ1) is 17.1. The number of hydrogen-bond donors (Lipinski definition) is 1. The number of anilines is 1. The van der Waals surface area contributed by atoms with Crippen molar-refractivity contribution in [2.45, 2.75) is 35.7 Å². The van der Waals surface area contributed by atoms with Crippen LogP contribution in [0.1, 0.15) is 30.4 Å². The fraction of sp³-hybridized carbons (Fsp3) is 0.353. The molecule has 2 N–H and O–H groups in total. The summed E-state index contributed by atoms with van der Waals surface area (Å²) in [6.45, 7) is 4.30. The molecule has 0 aliphatic rings. The van der Waals surface area contributed by atoms with Crippen molar-refractivity contribution in [2.75, 3.05) is 12.0 Å². The molecule has 0 saturated heterocycles. The van der Waals surface area contributed by atoms with E-state index in [2.05, 4.69) is 52.7 Å². The van der Waals surface area contributed by atoms with Crippen LogP contribution in [0.3, 0.4) is 0 Å². The van der Waals surface area contributed by atoms with Crippen molar-refractivity contribution in [1.82, 2.24) is 19.5 Å². The molecule has 0 bridgehead atoms. The van der Waals surface area contributed by atoms with Crippen LogP contribution < -0.4 is 5.73 Å². The number of aryl methyl sites for hydroxylation is 2. The highest BCUT2D eigenvalue weighted by Gasteiger charge is 2.15. The van der Waals surface area contributed by atoms with Gasteiger partial charge in [-0.25, -0.2) is 9.97 Å². The largest absolute Gasteiger partial charge is 0.384 e.